The Balaban J connectivity index is 1.67. The monoisotopic (exact) mass is 324 g/mol. The van der Waals surface area contributed by atoms with Gasteiger partial charge in [-0.1, -0.05) is 42.5 Å². The number of hydrogen-bond acceptors (Lipinski definition) is 3. The van der Waals surface area contributed by atoms with Crippen LogP contribution in [0.25, 0.3) is 0 Å². The Kier molecular flexibility index (Phi) is 4.79. The Bertz CT molecular complexity index is 730. The van der Waals surface area contributed by atoms with E-state index in [1.54, 1.807) is 23.1 Å². The minimum absolute atomic E-state index is 0.0195. The van der Waals surface area contributed by atoms with E-state index in [0.29, 0.717) is 25.1 Å². The first kappa shape index (κ1) is 16.1. The molecule has 5 nitrogen and oxygen atoms in total. The molecule has 1 atom stereocenters. The number of carbonyl (C=O) groups is 2. The van der Waals surface area contributed by atoms with Crippen LogP contribution >= 0.6 is 0 Å². The van der Waals surface area contributed by atoms with Crippen molar-refractivity contribution in [2.24, 2.45) is 0 Å². The van der Waals surface area contributed by atoms with Gasteiger partial charge in [-0.15, -0.1) is 0 Å². The molecule has 1 saturated heterocycles. The van der Waals surface area contributed by atoms with Gasteiger partial charge in [0.25, 0.3) is 0 Å². The van der Waals surface area contributed by atoms with Crippen LogP contribution in [0.1, 0.15) is 18.4 Å². The number of hydrogen-bond donors (Lipinski definition) is 2. The van der Waals surface area contributed by atoms with E-state index in [1.807, 2.05) is 30.3 Å². The van der Waals surface area contributed by atoms with Crippen LogP contribution in [0.3, 0.4) is 0 Å². The van der Waals surface area contributed by atoms with Crippen molar-refractivity contribution in [1.29, 1.82) is 0 Å². The molecule has 1 fully saturated rings. The van der Waals surface area contributed by atoms with E-state index in [9.17, 15) is 14.7 Å². The lowest BCUT2D eigenvalue weighted by Crippen LogP contribution is -2.43. The minimum Gasteiger partial charge on any atom is -0.506 e. The number of likely N-dealkylation sites (tertiary alicyclic amines) is 1. The van der Waals surface area contributed by atoms with E-state index in [-0.39, 0.29) is 17.6 Å². The predicted octanol–water partition coefficient (Wildman–Crippen LogP) is 2.56. The Morgan fingerprint density at radius 3 is 2.54 bits per heavy atom. The molecule has 2 aromatic carbocycles. The number of carbonyl (C=O) groups excluding carboxylic acids is 2. The van der Waals surface area contributed by atoms with E-state index in [0.717, 1.165) is 12.0 Å². The SMILES string of the molecule is O=C(Nc1ccccc1O)[C@@H]1CCCN1C(=O)Cc1ccccc1. The average molecular weight is 324 g/mol. The molecule has 1 aliphatic heterocycles. The summed E-state index contributed by atoms with van der Waals surface area (Å²) in [5.41, 5.74) is 1.30. The van der Waals surface area contributed by atoms with Gasteiger partial charge in [0.15, 0.2) is 0 Å². The van der Waals surface area contributed by atoms with Crippen LogP contribution in [-0.2, 0) is 16.0 Å². The molecule has 1 aliphatic rings. The number of phenols is 1. The molecule has 2 aromatic rings. The maximum absolute atomic E-state index is 12.5. The van der Waals surface area contributed by atoms with Gasteiger partial charge in [0, 0.05) is 6.54 Å². The minimum atomic E-state index is -0.485. The number of nitrogens with zero attached hydrogens (tertiary/aromatic N) is 1. The van der Waals surface area contributed by atoms with Crippen molar-refractivity contribution in [1.82, 2.24) is 4.90 Å². The van der Waals surface area contributed by atoms with E-state index >= 15 is 0 Å². The molecule has 0 unspecified atom stereocenters. The Morgan fingerprint density at radius 1 is 1.08 bits per heavy atom. The standard InChI is InChI=1S/C19H20N2O3/c22-17-11-5-4-9-15(17)20-19(24)16-10-6-12-21(16)18(23)13-14-7-2-1-3-8-14/h1-5,7-9,11,16,22H,6,10,12-13H2,(H,20,24)/t16-/m0/s1. The highest BCUT2D eigenvalue weighted by atomic mass is 16.3. The third kappa shape index (κ3) is 3.56. The molecule has 124 valence electrons. The summed E-state index contributed by atoms with van der Waals surface area (Å²) in [7, 11) is 0. The average Bonchev–Trinajstić information content (AvgIpc) is 3.08. The van der Waals surface area contributed by atoms with Crippen molar-refractivity contribution in [3.63, 3.8) is 0 Å². The molecule has 0 aromatic heterocycles. The van der Waals surface area contributed by atoms with Crippen LogP contribution in [0.2, 0.25) is 0 Å². The van der Waals surface area contributed by atoms with Gasteiger partial charge in [-0.05, 0) is 30.5 Å². The first-order chi connectivity index (χ1) is 11.6. The number of rotatable bonds is 4. The topological polar surface area (TPSA) is 69.6 Å². The molecule has 0 aliphatic carbocycles. The molecule has 24 heavy (non-hydrogen) atoms. The number of anilines is 1. The zero-order chi connectivity index (χ0) is 16.9. The number of para-hydroxylation sites is 2. The highest BCUT2D eigenvalue weighted by Gasteiger charge is 2.34. The molecule has 2 amide bonds. The van der Waals surface area contributed by atoms with Crippen molar-refractivity contribution in [3.8, 4) is 5.75 Å². The molecule has 0 spiro atoms. The maximum Gasteiger partial charge on any atom is 0.247 e. The summed E-state index contributed by atoms with van der Waals surface area (Å²) in [5.74, 6) is -0.280. The number of benzene rings is 2. The molecule has 3 rings (SSSR count). The van der Waals surface area contributed by atoms with E-state index in [1.165, 1.54) is 6.07 Å². The first-order valence-corrected chi connectivity index (χ1v) is 8.07. The fraction of sp³-hybridized carbons (Fsp3) is 0.263. The molecule has 1 heterocycles. The van der Waals surface area contributed by atoms with Gasteiger partial charge < -0.3 is 15.3 Å². The summed E-state index contributed by atoms with van der Waals surface area (Å²) in [6.07, 6.45) is 1.74. The lowest BCUT2D eigenvalue weighted by molar-refractivity contribution is -0.136. The van der Waals surface area contributed by atoms with Crippen LogP contribution in [0.4, 0.5) is 5.69 Å². The lowest BCUT2D eigenvalue weighted by Gasteiger charge is -2.24. The molecule has 0 saturated carbocycles. The van der Waals surface area contributed by atoms with Crippen LogP contribution in [0.5, 0.6) is 5.75 Å². The highest BCUT2D eigenvalue weighted by molar-refractivity contribution is 5.98. The molecule has 0 radical (unpaired) electrons. The van der Waals surface area contributed by atoms with Gasteiger partial charge >= 0.3 is 0 Å². The lowest BCUT2D eigenvalue weighted by atomic mass is 10.1. The molecular weight excluding hydrogens is 304 g/mol. The molecular formula is C19H20N2O3. The molecule has 0 bridgehead atoms. The fourth-order valence-electron chi connectivity index (χ4n) is 3.01. The van der Waals surface area contributed by atoms with E-state index in [4.69, 9.17) is 0 Å². The molecule has 5 heteroatoms. The maximum atomic E-state index is 12.5. The van der Waals surface area contributed by atoms with Gasteiger partial charge in [0.2, 0.25) is 11.8 Å². The van der Waals surface area contributed by atoms with Crippen molar-refractivity contribution >= 4 is 17.5 Å². The fourth-order valence-corrected chi connectivity index (χ4v) is 3.01. The van der Waals surface area contributed by atoms with Crippen LogP contribution in [0, 0.1) is 0 Å². The Morgan fingerprint density at radius 2 is 1.79 bits per heavy atom. The molecule has 2 N–H and O–H groups in total. The Labute approximate surface area is 140 Å². The number of amides is 2. The van der Waals surface area contributed by atoms with Crippen LogP contribution in [-0.4, -0.2) is 34.4 Å². The second-order valence-electron chi connectivity index (χ2n) is 5.91. The number of aromatic hydroxyl groups is 1. The quantitative estimate of drug-likeness (QED) is 0.849. The van der Waals surface area contributed by atoms with Crippen LogP contribution in [0.15, 0.2) is 54.6 Å². The largest absolute Gasteiger partial charge is 0.506 e. The number of phenolic OH excluding ortho intramolecular Hbond substituents is 1. The zero-order valence-corrected chi connectivity index (χ0v) is 13.3. The van der Waals surface area contributed by atoms with Crippen LogP contribution < -0.4 is 5.32 Å². The summed E-state index contributed by atoms with van der Waals surface area (Å²) < 4.78 is 0. The zero-order valence-electron chi connectivity index (χ0n) is 13.3. The van der Waals surface area contributed by atoms with Crippen molar-refractivity contribution in [3.05, 3.63) is 60.2 Å². The van der Waals surface area contributed by atoms with Crippen molar-refractivity contribution < 1.29 is 14.7 Å². The second kappa shape index (κ2) is 7.17. The van der Waals surface area contributed by atoms with Gasteiger partial charge in [-0.2, -0.15) is 0 Å². The summed E-state index contributed by atoms with van der Waals surface area (Å²) in [6.45, 7) is 0.588. The highest BCUT2D eigenvalue weighted by Crippen LogP contribution is 2.25. The predicted molar refractivity (Wildman–Crippen MR) is 91.6 cm³/mol. The first-order valence-electron chi connectivity index (χ1n) is 8.07. The summed E-state index contributed by atoms with van der Waals surface area (Å²) in [4.78, 5) is 26.7. The third-order valence-electron chi connectivity index (χ3n) is 4.24. The normalized spacial score (nSPS) is 16.8. The van der Waals surface area contributed by atoms with E-state index in [2.05, 4.69) is 5.32 Å². The van der Waals surface area contributed by atoms with Gasteiger partial charge in [-0.3, -0.25) is 9.59 Å². The second-order valence-corrected chi connectivity index (χ2v) is 5.91. The smallest absolute Gasteiger partial charge is 0.247 e. The van der Waals surface area contributed by atoms with Gasteiger partial charge in [0.1, 0.15) is 11.8 Å². The van der Waals surface area contributed by atoms with Crippen molar-refractivity contribution in [2.75, 3.05) is 11.9 Å². The van der Waals surface area contributed by atoms with Gasteiger partial charge in [-0.25, -0.2) is 0 Å². The third-order valence-corrected chi connectivity index (χ3v) is 4.24. The summed E-state index contributed by atoms with van der Waals surface area (Å²) >= 11 is 0. The summed E-state index contributed by atoms with van der Waals surface area (Å²) in [5, 5.41) is 12.5. The van der Waals surface area contributed by atoms with Crippen molar-refractivity contribution in [2.45, 2.75) is 25.3 Å². The summed E-state index contributed by atoms with van der Waals surface area (Å²) in [6, 6.07) is 15.6. The van der Waals surface area contributed by atoms with Gasteiger partial charge in [0.05, 0.1) is 12.1 Å². The Hall–Kier alpha value is -2.82. The number of nitrogens with one attached hydrogen (secondary N) is 1. The van der Waals surface area contributed by atoms with E-state index < -0.39 is 6.04 Å².